The number of nitro benzene ring substituents is 1. The van der Waals surface area contributed by atoms with Crippen LogP contribution in [0.3, 0.4) is 0 Å². The molecule has 1 aromatic rings. The van der Waals surface area contributed by atoms with Crippen molar-refractivity contribution in [2.45, 2.75) is 30.2 Å². The van der Waals surface area contributed by atoms with E-state index in [0.29, 0.717) is 0 Å². The second kappa shape index (κ2) is 5.67. The molecule has 0 radical (unpaired) electrons. The van der Waals surface area contributed by atoms with Crippen molar-refractivity contribution >= 4 is 21.4 Å². The molecule has 2 N–H and O–H groups in total. The van der Waals surface area contributed by atoms with Crippen LogP contribution >= 0.6 is 0 Å². The number of non-ortho nitro benzene ring substituents is 1. The van der Waals surface area contributed by atoms with Crippen LogP contribution in [0.4, 0.5) is 11.4 Å². The number of hydrogen-bond donors (Lipinski definition) is 1. The predicted molar refractivity (Wildman–Crippen MR) is 74.7 cm³/mol. The number of nitro groups is 1. The summed E-state index contributed by atoms with van der Waals surface area (Å²) in [6.45, 7) is 0.0972. The monoisotopic (exact) mass is 310 g/mol. The summed E-state index contributed by atoms with van der Waals surface area (Å²) in [5.41, 5.74) is 5.23. The summed E-state index contributed by atoms with van der Waals surface area (Å²) in [5.74, 6) is 0. The number of nitriles is 1. The lowest BCUT2D eigenvalue weighted by Crippen LogP contribution is -2.34. The third kappa shape index (κ3) is 3.12. The van der Waals surface area contributed by atoms with Gasteiger partial charge in [-0.15, -0.1) is 0 Å². The lowest BCUT2D eigenvalue weighted by atomic mass is 10.3. The second-order valence-electron chi connectivity index (χ2n) is 4.73. The topological polar surface area (TPSA) is 130 Å². The third-order valence-corrected chi connectivity index (χ3v) is 5.21. The number of nitrogen functional groups attached to an aromatic ring is 1. The van der Waals surface area contributed by atoms with E-state index in [4.69, 9.17) is 11.0 Å². The molecule has 1 fully saturated rings. The zero-order chi connectivity index (χ0) is 15.6. The van der Waals surface area contributed by atoms with Gasteiger partial charge in [0.25, 0.3) is 5.69 Å². The van der Waals surface area contributed by atoms with Crippen molar-refractivity contribution in [3.8, 4) is 6.07 Å². The van der Waals surface area contributed by atoms with Crippen LogP contribution in [-0.2, 0) is 10.0 Å². The minimum absolute atomic E-state index is 0.0859. The van der Waals surface area contributed by atoms with E-state index in [1.165, 1.54) is 4.31 Å². The van der Waals surface area contributed by atoms with Gasteiger partial charge in [-0.2, -0.15) is 9.57 Å². The van der Waals surface area contributed by atoms with E-state index in [1.54, 1.807) is 0 Å². The molecule has 21 heavy (non-hydrogen) atoms. The maximum absolute atomic E-state index is 12.6. The van der Waals surface area contributed by atoms with Gasteiger partial charge in [-0.05, 0) is 18.9 Å². The molecule has 1 aliphatic rings. The molecule has 2 rings (SSSR count). The van der Waals surface area contributed by atoms with Gasteiger partial charge in [-0.25, -0.2) is 8.42 Å². The summed E-state index contributed by atoms with van der Waals surface area (Å²) >= 11 is 0. The molecular weight excluding hydrogens is 296 g/mol. The Morgan fingerprint density at radius 3 is 2.62 bits per heavy atom. The lowest BCUT2D eigenvalue weighted by Gasteiger charge is -2.21. The fraction of sp³-hybridized carbons (Fsp3) is 0.417. The highest BCUT2D eigenvalue weighted by Gasteiger charge is 2.38. The molecule has 8 nitrogen and oxygen atoms in total. The minimum Gasteiger partial charge on any atom is -0.397 e. The Labute approximate surface area is 122 Å². The van der Waals surface area contributed by atoms with Crippen LogP contribution in [0.5, 0.6) is 0 Å². The number of benzene rings is 1. The summed E-state index contributed by atoms with van der Waals surface area (Å²) in [4.78, 5) is 9.87. The first-order valence-electron chi connectivity index (χ1n) is 6.30. The Kier molecular flexibility index (Phi) is 4.11. The van der Waals surface area contributed by atoms with E-state index in [0.717, 1.165) is 31.0 Å². The fourth-order valence-electron chi connectivity index (χ4n) is 2.03. The van der Waals surface area contributed by atoms with Crippen molar-refractivity contribution in [1.82, 2.24) is 4.31 Å². The van der Waals surface area contributed by atoms with Gasteiger partial charge in [0, 0.05) is 31.1 Å². The average Bonchev–Trinajstić information content (AvgIpc) is 3.23. The van der Waals surface area contributed by atoms with Gasteiger partial charge in [0.15, 0.2) is 0 Å². The van der Waals surface area contributed by atoms with Crippen molar-refractivity contribution in [3.05, 3.63) is 28.3 Å². The molecule has 0 saturated heterocycles. The SMILES string of the molecule is N#CCCN(C1CC1)S(=O)(=O)c1ccc([N+](=O)[O-])cc1N. The minimum atomic E-state index is -3.85. The second-order valence-corrected chi connectivity index (χ2v) is 6.59. The third-order valence-electron chi connectivity index (χ3n) is 3.19. The Morgan fingerprint density at radius 2 is 2.14 bits per heavy atom. The first kappa shape index (κ1) is 15.2. The van der Waals surface area contributed by atoms with Crippen LogP contribution < -0.4 is 5.73 Å². The Hall–Kier alpha value is -2.18. The first-order chi connectivity index (χ1) is 9.87. The van der Waals surface area contributed by atoms with Gasteiger partial charge in [-0.1, -0.05) is 0 Å². The highest BCUT2D eigenvalue weighted by atomic mass is 32.2. The number of anilines is 1. The van der Waals surface area contributed by atoms with Crippen molar-refractivity contribution < 1.29 is 13.3 Å². The van der Waals surface area contributed by atoms with Crippen LogP contribution in [0, 0.1) is 21.4 Å². The van der Waals surface area contributed by atoms with E-state index in [-0.39, 0.29) is 35.3 Å². The molecule has 0 aromatic heterocycles. The van der Waals surface area contributed by atoms with Crippen molar-refractivity contribution in [2.75, 3.05) is 12.3 Å². The van der Waals surface area contributed by atoms with E-state index in [9.17, 15) is 18.5 Å². The van der Waals surface area contributed by atoms with Crippen molar-refractivity contribution in [1.29, 1.82) is 5.26 Å². The van der Waals surface area contributed by atoms with Crippen LogP contribution in [-0.4, -0.2) is 30.2 Å². The Balaban J connectivity index is 2.38. The summed E-state index contributed by atoms with van der Waals surface area (Å²) in [6, 6.07) is 5.09. The summed E-state index contributed by atoms with van der Waals surface area (Å²) < 4.78 is 26.4. The van der Waals surface area contributed by atoms with Gasteiger partial charge in [0.05, 0.1) is 16.7 Å². The maximum atomic E-state index is 12.6. The van der Waals surface area contributed by atoms with Crippen molar-refractivity contribution in [2.24, 2.45) is 0 Å². The molecule has 0 amide bonds. The number of rotatable bonds is 6. The van der Waals surface area contributed by atoms with Gasteiger partial charge >= 0.3 is 0 Å². The van der Waals surface area contributed by atoms with Gasteiger partial charge in [0.2, 0.25) is 10.0 Å². The normalized spacial score (nSPS) is 14.9. The van der Waals surface area contributed by atoms with Crippen LogP contribution in [0.25, 0.3) is 0 Å². The summed E-state index contributed by atoms with van der Waals surface area (Å²) in [6.07, 6.45) is 1.58. The Bertz CT molecular complexity index is 706. The van der Waals surface area contributed by atoms with Gasteiger partial charge in [0.1, 0.15) is 4.90 Å². The van der Waals surface area contributed by atoms with Crippen LogP contribution in [0.15, 0.2) is 23.1 Å². The number of sulfonamides is 1. The largest absolute Gasteiger partial charge is 0.397 e. The quantitative estimate of drug-likeness (QED) is 0.478. The standard InChI is InChI=1S/C12H14N4O4S/c13-6-1-7-15(9-2-3-9)21(19,20)12-5-4-10(16(17)18)8-11(12)14/h4-5,8-9H,1-3,7,14H2. The average molecular weight is 310 g/mol. The molecule has 0 aliphatic heterocycles. The molecule has 9 heteroatoms. The first-order valence-corrected chi connectivity index (χ1v) is 7.74. The highest BCUT2D eigenvalue weighted by Crippen LogP contribution is 2.34. The number of hydrogen-bond acceptors (Lipinski definition) is 6. The van der Waals surface area contributed by atoms with Crippen LogP contribution in [0.2, 0.25) is 0 Å². The molecule has 1 saturated carbocycles. The maximum Gasteiger partial charge on any atom is 0.271 e. The van der Waals surface area contributed by atoms with Gasteiger partial charge < -0.3 is 5.73 Å². The molecule has 1 aromatic carbocycles. The zero-order valence-electron chi connectivity index (χ0n) is 11.1. The number of nitrogens with zero attached hydrogens (tertiary/aromatic N) is 3. The van der Waals surface area contributed by atoms with E-state index < -0.39 is 14.9 Å². The summed E-state index contributed by atoms with van der Waals surface area (Å²) in [7, 11) is -3.85. The molecule has 1 aliphatic carbocycles. The molecular formula is C12H14N4O4S. The van der Waals surface area contributed by atoms with Gasteiger partial charge in [-0.3, -0.25) is 10.1 Å². The van der Waals surface area contributed by atoms with Crippen molar-refractivity contribution in [3.63, 3.8) is 0 Å². The van der Waals surface area contributed by atoms with E-state index in [2.05, 4.69) is 0 Å². The number of nitrogens with two attached hydrogens (primary N) is 1. The molecule has 0 spiro atoms. The molecule has 0 heterocycles. The molecule has 0 unspecified atom stereocenters. The van der Waals surface area contributed by atoms with Crippen LogP contribution in [0.1, 0.15) is 19.3 Å². The zero-order valence-corrected chi connectivity index (χ0v) is 11.9. The smallest absolute Gasteiger partial charge is 0.271 e. The Morgan fingerprint density at radius 1 is 1.48 bits per heavy atom. The van der Waals surface area contributed by atoms with E-state index in [1.807, 2.05) is 6.07 Å². The van der Waals surface area contributed by atoms with E-state index >= 15 is 0 Å². The predicted octanol–water partition coefficient (Wildman–Crippen LogP) is 1.24. The highest BCUT2D eigenvalue weighted by molar-refractivity contribution is 7.89. The molecule has 0 atom stereocenters. The lowest BCUT2D eigenvalue weighted by molar-refractivity contribution is -0.384. The fourth-order valence-corrected chi connectivity index (χ4v) is 3.82. The summed E-state index contributed by atoms with van der Waals surface area (Å²) in [5, 5.41) is 19.3. The molecule has 0 bridgehead atoms. The molecule has 112 valence electrons.